The Kier molecular flexibility index (Phi) is 7.23. The molecule has 2 aromatic heterocycles. The van der Waals surface area contributed by atoms with E-state index in [4.69, 9.17) is 0 Å². The molecule has 4 heterocycles. The van der Waals surface area contributed by atoms with E-state index in [-0.39, 0.29) is 6.71 Å². The average molecular weight is 861 g/mol. The second-order valence-electron chi connectivity index (χ2n) is 18.1. The summed E-state index contributed by atoms with van der Waals surface area (Å²) in [4.78, 5) is 5.24. The molecule has 65 heavy (non-hydrogen) atoms. The van der Waals surface area contributed by atoms with Crippen LogP contribution >= 0.6 is 22.7 Å². The molecule has 0 N–H and O–H groups in total. The van der Waals surface area contributed by atoms with Crippen molar-refractivity contribution in [3.05, 3.63) is 199 Å². The van der Waals surface area contributed by atoms with Gasteiger partial charge in [-0.2, -0.15) is 0 Å². The highest BCUT2D eigenvalue weighted by Crippen LogP contribution is 2.52. The van der Waals surface area contributed by atoms with Gasteiger partial charge in [0.2, 0.25) is 0 Å². The third-order valence-electron chi connectivity index (χ3n) is 14.5. The second kappa shape index (κ2) is 13.1. The van der Waals surface area contributed by atoms with Crippen LogP contribution in [0.4, 0.5) is 34.1 Å². The van der Waals surface area contributed by atoms with Crippen LogP contribution < -0.4 is 24.8 Å². The predicted octanol–water partition coefficient (Wildman–Crippen LogP) is 15.7. The molecule has 0 atom stereocenters. The first-order valence-corrected chi connectivity index (χ1v) is 24.2. The summed E-state index contributed by atoms with van der Waals surface area (Å²) in [5.41, 5.74) is 11.4. The first-order valence-electron chi connectivity index (χ1n) is 22.5. The van der Waals surface area contributed by atoms with E-state index in [1.165, 1.54) is 145 Å². The number of nitrogens with zero attached hydrogens (tertiary/aromatic N) is 2. The van der Waals surface area contributed by atoms with Gasteiger partial charge in [-0.15, -0.1) is 22.7 Å². The number of rotatable bonds is 2. The van der Waals surface area contributed by atoms with E-state index in [0.29, 0.717) is 0 Å². The zero-order chi connectivity index (χ0) is 42.7. The van der Waals surface area contributed by atoms with Gasteiger partial charge in [0, 0.05) is 52.5 Å². The molecule has 0 bridgehead atoms. The van der Waals surface area contributed by atoms with Gasteiger partial charge in [-0.05, 0) is 145 Å². The number of fused-ring (bicyclic) bond motifs is 20. The van der Waals surface area contributed by atoms with Gasteiger partial charge in [0.1, 0.15) is 0 Å². The number of hydrogen-bond donors (Lipinski definition) is 0. The van der Waals surface area contributed by atoms with Crippen LogP contribution in [0.15, 0.2) is 188 Å². The summed E-state index contributed by atoms with van der Waals surface area (Å²) in [5, 5.41) is 18.1. The molecule has 302 valence electrons. The lowest BCUT2D eigenvalue weighted by molar-refractivity contribution is 1.28. The number of hydrogen-bond acceptors (Lipinski definition) is 4. The summed E-state index contributed by atoms with van der Waals surface area (Å²) >= 11 is 3.96. The van der Waals surface area contributed by atoms with Gasteiger partial charge in [-0.25, -0.2) is 0 Å². The lowest BCUT2D eigenvalue weighted by atomic mass is 9.39. The molecule has 0 fully saturated rings. The Morgan fingerprint density at radius 1 is 0.323 bits per heavy atom. The Balaban J connectivity index is 1.05. The maximum Gasteiger partial charge on any atom is 0.277 e. The van der Waals surface area contributed by atoms with Crippen molar-refractivity contribution in [3.8, 4) is 0 Å². The van der Waals surface area contributed by atoms with Crippen molar-refractivity contribution >= 4 is 163 Å². The second-order valence-corrected chi connectivity index (χ2v) is 20.3. The maximum atomic E-state index is 2.62. The van der Waals surface area contributed by atoms with Gasteiger partial charge in [0.25, 0.3) is 6.71 Å². The third-order valence-corrected chi connectivity index (χ3v) is 16.9. The van der Waals surface area contributed by atoms with Crippen LogP contribution in [0, 0.1) is 13.8 Å². The van der Waals surface area contributed by atoms with Gasteiger partial charge in [-0.1, -0.05) is 139 Å². The molecule has 0 saturated heterocycles. The Labute approximate surface area is 383 Å². The lowest BCUT2D eigenvalue weighted by Gasteiger charge is -2.42. The molecule has 0 spiro atoms. The smallest absolute Gasteiger partial charge is 0.277 e. The molecular weight excluding hydrogens is 824 g/mol. The monoisotopic (exact) mass is 860 g/mol. The standard InChI is InChI=1S/C60H37BN2S2/c1-34-22-28-54-50(30-34)57-59(64-54)61-56-52(62(57)36-24-26-46-42-16-5-3-12-38(42)40-14-7-9-18-44(40)48(46)32-36)20-11-21-53(56)63(58-51-31-35(2)23-29-55(51)65-60(58)61)37-25-27-47-43-17-6-4-13-39(43)41-15-8-10-19-45(41)49(47)33-37/h3-33H,1-2H3. The molecule has 0 aliphatic carbocycles. The van der Waals surface area contributed by atoms with Gasteiger partial charge in [0.15, 0.2) is 0 Å². The predicted molar refractivity (Wildman–Crippen MR) is 286 cm³/mol. The molecule has 15 rings (SSSR count). The zero-order valence-corrected chi connectivity index (χ0v) is 37.3. The highest BCUT2D eigenvalue weighted by molar-refractivity contribution is 7.40. The molecule has 0 unspecified atom stereocenters. The fourth-order valence-electron chi connectivity index (χ4n) is 11.7. The molecule has 2 nitrogen and oxygen atoms in total. The molecule has 2 aliphatic rings. The fraction of sp³-hybridized carbons (Fsp3) is 0.0333. The van der Waals surface area contributed by atoms with E-state index >= 15 is 0 Å². The highest BCUT2D eigenvalue weighted by Gasteiger charge is 2.47. The third kappa shape index (κ3) is 4.84. The number of benzene rings is 11. The average Bonchev–Trinajstić information content (AvgIpc) is 3.92. The van der Waals surface area contributed by atoms with Crippen LogP contribution in [0.5, 0.6) is 0 Å². The molecular formula is C60H37BN2S2. The Bertz CT molecular complexity index is 3920. The molecule has 5 heteroatoms. The number of thiophene rings is 2. The van der Waals surface area contributed by atoms with Gasteiger partial charge in [-0.3, -0.25) is 0 Å². The molecule has 0 radical (unpaired) electrons. The summed E-state index contributed by atoms with van der Waals surface area (Å²) in [6.07, 6.45) is 0. The van der Waals surface area contributed by atoms with Gasteiger partial charge >= 0.3 is 0 Å². The van der Waals surface area contributed by atoms with E-state index in [2.05, 4.69) is 212 Å². The van der Waals surface area contributed by atoms with Crippen LogP contribution in [0.3, 0.4) is 0 Å². The van der Waals surface area contributed by atoms with Crippen LogP contribution in [0.2, 0.25) is 0 Å². The van der Waals surface area contributed by atoms with Crippen LogP contribution in [0.25, 0.3) is 84.8 Å². The zero-order valence-electron chi connectivity index (χ0n) is 35.7. The Morgan fingerprint density at radius 3 is 1.06 bits per heavy atom. The normalized spacial score (nSPS) is 13.3. The number of aryl methyl sites for hydroxylation is 2. The van der Waals surface area contributed by atoms with Crippen molar-refractivity contribution in [3.63, 3.8) is 0 Å². The molecule has 2 aliphatic heterocycles. The minimum absolute atomic E-state index is 0.0737. The van der Waals surface area contributed by atoms with Crippen molar-refractivity contribution < 1.29 is 0 Å². The minimum Gasteiger partial charge on any atom is -0.310 e. The van der Waals surface area contributed by atoms with E-state index in [1.54, 1.807) is 0 Å². The topological polar surface area (TPSA) is 6.48 Å². The Morgan fingerprint density at radius 2 is 0.677 bits per heavy atom. The first kappa shape index (κ1) is 36.0. The minimum atomic E-state index is 0.0737. The summed E-state index contributed by atoms with van der Waals surface area (Å²) in [5.74, 6) is 0. The summed E-state index contributed by atoms with van der Waals surface area (Å²) in [6, 6.07) is 71.3. The maximum absolute atomic E-state index is 2.62. The highest BCUT2D eigenvalue weighted by atomic mass is 32.1. The van der Waals surface area contributed by atoms with E-state index in [9.17, 15) is 0 Å². The van der Waals surface area contributed by atoms with Crippen molar-refractivity contribution in [2.45, 2.75) is 13.8 Å². The van der Waals surface area contributed by atoms with E-state index < -0.39 is 0 Å². The van der Waals surface area contributed by atoms with Crippen LogP contribution in [0.1, 0.15) is 11.1 Å². The summed E-state index contributed by atoms with van der Waals surface area (Å²) in [6.45, 7) is 4.54. The first-order chi connectivity index (χ1) is 32.1. The molecule has 0 amide bonds. The molecule has 0 saturated carbocycles. The van der Waals surface area contributed by atoms with Gasteiger partial charge in [0.05, 0.1) is 11.4 Å². The molecule has 13 aromatic rings. The van der Waals surface area contributed by atoms with E-state index in [1.807, 2.05) is 22.7 Å². The summed E-state index contributed by atoms with van der Waals surface area (Å²) in [7, 11) is 0. The van der Waals surface area contributed by atoms with Crippen LogP contribution in [-0.4, -0.2) is 6.71 Å². The largest absolute Gasteiger partial charge is 0.310 e. The molecule has 11 aromatic carbocycles. The Hall–Kier alpha value is -7.44. The lowest BCUT2D eigenvalue weighted by Crippen LogP contribution is -2.59. The fourth-order valence-corrected chi connectivity index (χ4v) is 14.4. The van der Waals surface area contributed by atoms with Crippen LogP contribution in [-0.2, 0) is 0 Å². The van der Waals surface area contributed by atoms with Crippen molar-refractivity contribution in [1.82, 2.24) is 0 Å². The van der Waals surface area contributed by atoms with Crippen molar-refractivity contribution in [2.75, 3.05) is 9.80 Å². The quantitative estimate of drug-likeness (QED) is 0.126. The SMILES string of the molecule is Cc1ccc2sc3c(c2c1)N(c1ccc2c4ccccc4c4ccccc4c2c1)c1cccc2c1B3c1sc3ccc(C)cc3c1N2c1ccc2c3ccccc3c3ccccc3c2c1. The van der Waals surface area contributed by atoms with E-state index in [0.717, 1.165) is 0 Å². The van der Waals surface area contributed by atoms with Gasteiger partial charge < -0.3 is 9.80 Å². The van der Waals surface area contributed by atoms with Crippen molar-refractivity contribution in [1.29, 1.82) is 0 Å². The van der Waals surface area contributed by atoms with Crippen molar-refractivity contribution in [2.24, 2.45) is 0 Å². The number of anilines is 6. The summed E-state index contributed by atoms with van der Waals surface area (Å²) < 4.78 is 5.47.